The Morgan fingerprint density at radius 1 is 1.25 bits per heavy atom. The molecule has 0 bridgehead atoms. The molecule has 0 aliphatic heterocycles. The summed E-state index contributed by atoms with van der Waals surface area (Å²) in [6.07, 6.45) is 2.65. The Kier molecular flexibility index (Phi) is 5.06. The maximum absolute atomic E-state index is 12.5. The molecule has 0 atom stereocenters. The summed E-state index contributed by atoms with van der Waals surface area (Å²) in [5, 5.41) is 3.75. The molecule has 0 saturated heterocycles. The average molecular weight is 402 g/mol. The summed E-state index contributed by atoms with van der Waals surface area (Å²) in [5.41, 5.74) is 3.51. The number of halogens is 1. The Morgan fingerprint density at radius 3 is 2.71 bits per heavy atom. The van der Waals surface area contributed by atoms with Crippen molar-refractivity contribution in [3.8, 4) is 10.6 Å². The van der Waals surface area contributed by atoms with E-state index in [0.29, 0.717) is 4.88 Å². The van der Waals surface area contributed by atoms with Crippen molar-refractivity contribution in [1.29, 1.82) is 0 Å². The summed E-state index contributed by atoms with van der Waals surface area (Å²) in [7, 11) is 0. The third-order valence-corrected chi connectivity index (χ3v) is 5.26. The standard InChI is InChI=1S/C18H16BrN3OS/c1-3-14-10-12(8-9-20-14)18-21-11(2)16(24-18)17(23)22-15-6-4-13(19)5-7-15/h4-10H,3H2,1-2H3,(H,22,23). The van der Waals surface area contributed by atoms with Crippen LogP contribution in [0.25, 0.3) is 10.6 Å². The van der Waals surface area contributed by atoms with Crippen LogP contribution in [-0.2, 0) is 6.42 Å². The van der Waals surface area contributed by atoms with Crippen LogP contribution in [0, 0.1) is 6.92 Å². The number of anilines is 1. The minimum Gasteiger partial charge on any atom is -0.321 e. The van der Waals surface area contributed by atoms with E-state index in [2.05, 4.69) is 38.1 Å². The smallest absolute Gasteiger partial charge is 0.267 e. The van der Waals surface area contributed by atoms with Gasteiger partial charge in [-0.05, 0) is 49.7 Å². The molecule has 2 aromatic heterocycles. The maximum Gasteiger partial charge on any atom is 0.267 e. The second-order valence-electron chi connectivity index (χ2n) is 5.28. The molecule has 3 aromatic rings. The fourth-order valence-electron chi connectivity index (χ4n) is 2.26. The Bertz CT molecular complexity index is 874. The van der Waals surface area contributed by atoms with Gasteiger partial charge in [-0.2, -0.15) is 0 Å². The molecule has 1 N–H and O–H groups in total. The molecule has 24 heavy (non-hydrogen) atoms. The zero-order valence-corrected chi connectivity index (χ0v) is 15.7. The fourth-order valence-corrected chi connectivity index (χ4v) is 3.48. The zero-order valence-electron chi connectivity index (χ0n) is 13.3. The van der Waals surface area contributed by atoms with E-state index in [1.54, 1.807) is 6.20 Å². The number of carbonyl (C=O) groups is 1. The predicted octanol–water partition coefficient (Wildman–Crippen LogP) is 5.09. The first-order valence-corrected chi connectivity index (χ1v) is 9.17. The van der Waals surface area contributed by atoms with Crippen LogP contribution in [0.15, 0.2) is 47.1 Å². The largest absolute Gasteiger partial charge is 0.321 e. The van der Waals surface area contributed by atoms with Crippen LogP contribution < -0.4 is 5.32 Å². The summed E-state index contributed by atoms with van der Waals surface area (Å²) in [5.74, 6) is -0.136. The van der Waals surface area contributed by atoms with Crippen molar-refractivity contribution in [2.45, 2.75) is 20.3 Å². The minimum absolute atomic E-state index is 0.136. The van der Waals surface area contributed by atoms with Crippen LogP contribution in [0.5, 0.6) is 0 Å². The average Bonchev–Trinajstić information content (AvgIpc) is 2.99. The lowest BCUT2D eigenvalue weighted by atomic mass is 10.2. The van der Waals surface area contributed by atoms with Crippen LogP contribution in [0.1, 0.15) is 28.0 Å². The number of hydrogen-bond acceptors (Lipinski definition) is 4. The van der Waals surface area contributed by atoms with Gasteiger partial charge in [-0.25, -0.2) is 4.98 Å². The molecular weight excluding hydrogens is 386 g/mol. The first kappa shape index (κ1) is 16.8. The Balaban J connectivity index is 1.85. The lowest BCUT2D eigenvalue weighted by Gasteiger charge is -2.03. The number of aryl methyl sites for hydroxylation is 2. The van der Waals surface area contributed by atoms with Gasteiger partial charge in [-0.15, -0.1) is 11.3 Å². The predicted molar refractivity (Wildman–Crippen MR) is 102 cm³/mol. The van der Waals surface area contributed by atoms with E-state index < -0.39 is 0 Å². The highest BCUT2D eigenvalue weighted by Gasteiger charge is 2.16. The molecule has 3 rings (SSSR count). The Morgan fingerprint density at radius 2 is 2.00 bits per heavy atom. The van der Waals surface area contributed by atoms with Crippen LogP contribution >= 0.6 is 27.3 Å². The molecule has 122 valence electrons. The van der Waals surface area contributed by atoms with Crippen LogP contribution in [0.4, 0.5) is 5.69 Å². The second kappa shape index (κ2) is 7.23. The van der Waals surface area contributed by atoms with E-state index in [-0.39, 0.29) is 5.91 Å². The van der Waals surface area contributed by atoms with Crippen molar-refractivity contribution in [2.24, 2.45) is 0 Å². The number of nitrogens with one attached hydrogen (secondary N) is 1. The number of aromatic nitrogens is 2. The third-order valence-electron chi connectivity index (χ3n) is 3.53. The Hall–Kier alpha value is -2.05. The lowest BCUT2D eigenvalue weighted by Crippen LogP contribution is -2.11. The molecule has 0 radical (unpaired) electrons. The quantitative estimate of drug-likeness (QED) is 0.661. The number of amides is 1. The van der Waals surface area contributed by atoms with Gasteiger partial charge >= 0.3 is 0 Å². The number of nitrogens with zero attached hydrogens (tertiary/aromatic N) is 2. The minimum atomic E-state index is -0.136. The molecule has 0 aliphatic rings. The summed E-state index contributed by atoms with van der Waals surface area (Å²) in [6.45, 7) is 3.93. The highest BCUT2D eigenvalue weighted by atomic mass is 79.9. The van der Waals surface area contributed by atoms with E-state index in [9.17, 15) is 4.79 Å². The maximum atomic E-state index is 12.5. The van der Waals surface area contributed by atoms with E-state index in [4.69, 9.17) is 0 Å². The molecule has 0 spiro atoms. The number of carbonyl (C=O) groups excluding carboxylic acids is 1. The molecule has 1 aromatic carbocycles. The normalized spacial score (nSPS) is 10.6. The van der Waals surface area contributed by atoms with Crippen molar-refractivity contribution in [3.63, 3.8) is 0 Å². The molecule has 0 fully saturated rings. The molecule has 4 nitrogen and oxygen atoms in total. The van der Waals surface area contributed by atoms with E-state index in [1.165, 1.54) is 11.3 Å². The third kappa shape index (κ3) is 3.71. The van der Waals surface area contributed by atoms with E-state index in [1.807, 2.05) is 43.3 Å². The number of benzene rings is 1. The highest BCUT2D eigenvalue weighted by Crippen LogP contribution is 2.29. The number of hydrogen-bond donors (Lipinski definition) is 1. The SMILES string of the molecule is CCc1cc(-c2nc(C)c(C(=O)Nc3ccc(Br)cc3)s2)ccn1. The summed E-state index contributed by atoms with van der Waals surface area (Å²) < 4.78 is 0.973. The van der Waals surface area contributed by atoms with Crippen molar-refractivity contribution < 1.29 is 4.79 Å². The monoisotopic (exact) mass is 401 g/mol. The van der Waals surface area contributed by atoms with Crippen LogP contribution in [0.3, 0.4) is 0 Å². The van der Waals surface area contributed by atoms with Crippen LogP contribution in [-0.4, -0.2) is 15.9 Å². The molecular formula is C18H16BrN3OS. The molecule has 1 amide bonds. The van der Waals surface area contributed by atoms with Gasteiger partial charge in [0.25, 0.3) is 5.91 Å². The van der Waals surface area contributed by atoms with Gasteiger partial charge < -0.3 is 5.32 Å². The zero-order chi connectivity index (χ0) is 17.1. The number of pyridine rings is 1. The van der Waals surface area contributed by atoms with Crippen molar-refractivity contribution in [1.82, 2.24) is 9.97 Å². The van der Waals surface area contributed by atoms with Gasteiger partial charge in [0, 0.05) is 27.6 Å². The fraction of sp³-hybridized carbons (Fsp3) is 0.167. The van der Waals surface area contributed by atoms with Gasteiger partial charge in [0.05, 0.1) is 5.69 Å². The summed E-state index contributed by atoms with van der Waals surface area (Å²) in [6, 6.07) is 11.4. The summed E-state index contributed by atoms with van der Waals surface area (Å²) in [4.78, 5) is 22.0. The molecule has 2 heterocycles. The van der Waals surface area contributed by atoms with Crippen molar-refractivity contribution in [2.75, 3.05) is 5.32 Å². The van der Waals surface area contributed by atoms with E-state index >= 15 is 0 Å². The van der Waals surface area contributed by atoms with Gasteiger partial charge in [-0.1, -0.05) is 22.9 Å². The molecule has 0 unspecified atom stereocenters. The first-order valence-electron chi connectivity index (χ1n) is 7.56. The van der Waals surface area contributed by atoms with Gasteiger partial charge in [0.1, 0.15) is 9.88 Å². The second-order valence-corrected chi connectivity index (χ2v) is 7.20. The highest BCUT2D eigenvalue weighted by molar-refractivity contribution is 9.10. The topological polar surface area (TPSA) is 54.9 Å². The number of rotatable bonds is 4. The van der Waals surface area contributed by atoms with Crippen molar-refractivity contribution in [3.05, 3.63) is 63.3 Å². The Labute approximate surface area is 153 Å². The van der Waals surface area contributed by atoms with Gasteiger partial charge in [-0.3, -0.25) is 9.78 Å². The van der Waals surface area contributed by atoms with Gasteiger partial charge in [0.15, 0.2) is 0 Å². The van der Waals surface area contributed by atoms with Gasteiger partial charge in [0.2, 0.25) is 0 Å². The molecule has 6 heteroatoms. The molecule has 0 saturated carbocycles. The first-order chi connectivity index (χ1) is 11.6. The van der Waals surface area contributed by atoms with Crippen LogP contribution in [0.2, 0.25) is 0 Å². The van der Waals surface area contributed by atoms with Crippen molar-refractivity contribution >= 4 is 38.9 Å². The lowest BCUT2D eigenvalue weighted by molar-refractivity contribution is 0.103. The number of thiazole rings is 1. The summed E-state index contributed by atoms with van der Waals surface area (Å²) >= 11 is 4.79. The van der Waals surface area contributed by atoms with E-state index in [0.717, 1.165) is 38.5 Å². The molecule has 0 aliphatic carbocycles.